The normalized spacial score (nSPS) is 17.0. The zero-order valence-corrected chi connectivity index (χ0v) is 12.0. The molecule has 0 radical (unpaired) electrons. The van der Waals surface area contributed by atoms with Crippen LogP contribution in [0, 0.1) is 0 Å². The summed E-state index contributed by atoms with van der Waals surface area (Å²) in [7, 11) is -0.374. The summed E-state index contributed by atoms with van der Waals surface area (Å²) in [5.74, 6) is 0.233. The van der Waals surface area contributed by atoms with Gasteiger partial charge < -0.3 is 4.90 Å². The Balaban J connectivity index is 2.21. The monoisotopic (exact) mass is 282 g/mol. The van der Waals surface area contributed by atoms with Crippen LogP contribution in [0.4, 0.5) is 5.69 Å². The van der Waals surface area contributed by atoms with Gasteiger partial charge in [0.2, 0.25) is 10.0 Å². The van der Waals surface area contributed by atoms with Gasteiger partial charge in [0.1, 0.15) is 0 Å². The maximum Gasteiger partial charge on any atom is 0.242 e. The van der Waals surface area contributed by atoms with E-state index in [-0.39, 0.29) is 10.7 Å². The zero-order chi connectivity index (χ0) is 14.0. The fourth-order valence-electron chi connectivity index (χ4n) is 2.10. The average Bonchev–Trinajstić information content (AvgIpc) is 2.38. The van der Waals surface area contributed by atoms with E-state index in [1.165, 1.54) is 18.4 Å². The topological polar surface area (TPSA) is 57.7 Å². The molecule has 0 unspecified atom stereocenters. The predicted molar refractivity (Wildman–Crippen MR) is 73.8 cm³/mol. The van der Waals surface area contributed by atoms with E-state index in [1.54, 1.807) is 24.3 Å². The first-order valence-corrected chi connectivity index (χ1v) is 7.64. The van der Waals surface area contributed by atoms with Gasteiger partial charge in [0.15, 0.2) is 5.78 Å². The highest BCUT2D eigenvalue weighted by Gasteiger charge is 2.19. The first-order valence-electron chi connectivity index (χ1n) is 6.20. The molecule has 0 atom stereocenters. The molecule has 5 nitrogen and oxygen atoms in total. The Morgan fingerprint density at radius 2 is 1.79 bits per heavy atom. The molecule has 0 N–H and O–H groups in total. The van der Waals surface area contributed by atoms with Crippen LogP contribution in [0.5, 0.6) is 0 Å². The second-order valence-corrected chi connectivity index (χ2v) is 7.00. The van der Waals surface area contributed by atoms with Gasteiger partial charge in [0.25, 0.3) is 0 Å². The zero-order valence-electron chi connectivity index (χ0n) is 11.2. The Morgan fingerprint density at radius 1 is 1.16 bits per heavy atom. The van der Waals surface area contributed by atoms with Gasteiger partial charge in [-0.2, -0.15) is 0 Å². The van der Waals surface area contributed by atoms with Crippen LogP contribution in [0.15, 0.2) is 29.2 Å². The van der Waals surface area contributed by atoms with Crippen molar-refractivity contribution in [2.45, 2.75) is 17.7 Å². The van der Waals surface area contributed by atoms with Crippen LogP contribution in [0.2, 0.25) is 0 Å². The number of hydrogen-bond acceptors (Lipinski definition) is 4. The molecule has 1 aromatic rings. The number of piperidine rings is 1. The van der Waals surface area contributed by atoms with E-state index in [0.29, 0.717) is 13.0 Å². The largest absolute Gasteiger partial charge is 0.364 e. The first kappa shape index (κ1) is 14.0. The second-order valence-electron chi connectivity index (χ2n) is 4.85. The molecule has 0 aliphatic carbocycles. The minimum absolute atomic E-state index is 0.233. The molecule has 1 aliphatic rings. The predicted octanol–water partition coefficient (Wildman–Crippen LogP) is 1.11. The maximum atomic E-state index is 11.9. The molecule has 1 fully saturated rings. The summed E-state index contributed by atoms with van der Waals surface area (Å²) in [6.07, 6.45) is 1.50. The van der Waals surface area contributed by atoms with Crippen LogP contribution in [-0.4, -0.2) is 45.7 Å². The van der Waals surface area contributed by atoms with Gasteiger partial charge in [-0.1, -0.05) is 0 Å². The SMILES string of the molecule is CN(C)S(=O)(=O)c1ccc(N2CCCC(=O)C2)cc1. The van der Waals surface area contributed by atoms with Gasteiger partial charge in [-0.3, -0.25) is 4.79 Å². The third-order valence-electron chi connectivity index (χ3n) is 3.23. The lowest BCUT2D eigenvalue weighted by Crippen LogP contribution is -2.35. The Hall–Kier alpha value is -1.40. The van der Waals surface area contributed by atoms with E-state index in [9.17, 15) is 13.2 Å². The van der Waals surface area contributed by atoms with E-state index < -0.39 is 10.0 Å². The number of carbonyl (C=O) groups is 1. The van der Waals surface area contributed by atoms with Gasteiger partial charge in [0.05, 0.1) is 11.4 Å². The standard InChI is InChI=1S/C13H18N2O3S/c1-14(2)19(17,18)13-7-5-11(6-8-13)15-9-3-4-12(16)10-15/h5-8H,3-4,9-10H2,1-2H3. The van der Waals surface area contributed by atoms with Gasteiger partial charge in [-0.25, -0.2) is 12.7 Å². The highest BCUT2D eigenvalue weighted by Crippen LogP contribution is 2.21. The van der Waals surface area contributed by atoms with Crippen molar-refractivity contribution >= 4 is 21.5 Å². The minimum Gasteiger partial charge on any atom is -0.364 e. The average molecular weight is 282 g/mol. The van der Waals surface area contributed by atoms with Crippen molar-refractivity contribution in [2.75, 3.05) is 32.1 Å². The molecule has 6 heteroatoms. The quantitative estimate of drug-likeness (QED) is 0.833. The molecule has 0 spiro atoms. The van der Waals surface area contributed by atoms with Crippen LogP contribution in [0.25, 0.3) is 0 Å². The summed E-state index contributed by atoms with van der Waals surface area (Å²) < 4.78 is 25.0. The van der Waals surface area contributed by atoms with Crippen LogP contribution < -0.4 is 4.90 Å². The van der Waals surface area contributed by atoms with E-state index in [2.05, 4.69) is 0 Å². The van der Waals surface area contributed by atoms with Crippen LogP contribution >= 0.6 is 0 Å². The Kier molecular flexibility index (Phi) is 3.91. The molecule has 0 saturated carbocycles. The fourth-order valence-corrected chi connectivity index (χ4v) is 3.00. The van der Waals surface area contributed by atoms with E-state index >= 15 is 0 Å². The summed E-state index contributed by atoms with van der Waals surface area (Å²) in [5, 5.41) is 0. The molecule has 19 heavy (non-hydrogen) atoms. The van der Waals surface area contributed by atoms with Gasteiger partial charge in [0, 0.05) is 32.7 Å². The molecule has 0 amide bonds. The summed E-state index contributed by atoms with van der Waals surface area (Å²) in [6, 6.07) is 6.69. The second kappa shape index (κ2) is 5.30. The smallest absolute Gasteiger partial charge is 0.242 e. The molecule has 0 bridgehead atoms. The number of rotatable bonds is 3. The van der Waals surface area contributed by atoms with Gasteiger partial charge in [-0.05, 0) is 30.7 Å². The molecule has 2 rings (SSSR count). The Labute approximate surface area is 113 Å². The third kappa shape index (κ3) is 2.96. The van der Waals surface area contributed by atoms with Crippen molar-refractivity contribution in [1.29, 1.82) is 0 Å². The van der Waals surface area contributed by atoms with Crippen molar-refractivity contribution in [2.24, 2.45) is 0 Å². The molecular weight excluding hydrogens is 264 g/mol. The van der Waals surface area contributed by atoms with Crippen molar-refractivity contribution in [1.82, 2.24) is 4.31 Å². The summed E-state index contributed by atoms with van der Waals surface area (Å²) in [4.78, 5) is 13.7. The lowest BCUT2D eigenvalue weighted by Gasteiger charge is -2.28. The number of anilines is 1. The summed E-state index contributed by atoms with van der Waals surface area (Å²) >= 11 is 0. The van der Waals surface area contributed by atoms with E-state index in [1.807, 2.05) is 4.90 Å². The number of carbonyl (C=O) groups excluding carboxylic acids is 1. The Bertz CT molecular complexity index is 564. The number of sulfonamides is 1. The molecule has 0 aromatic heterocycles. The number of ketones is 1. The Morgan fingerprint density at radius 3 is 2.32 bits per heavy atom. The van der Waals surface area contributed by atoms with Crippen molar-refractivity contribution < 1.29 is 13.2 Å². The van der Waals surface area contributed by atoms with Crippen molar-refractivity contribution in [3.63, 3.8) is 0 Å². The van der Waals surface area contributed by atoms with Crippen LogP contribution in [-0.2, 0) is 14.8 Å². The van der Waals surface area contributed by atoms with Crippen LogP contribution in [0.3, 0.4) is 0 Å². The first-order chi connectivity index (χ1) is 8.91. The molecule has 1 aliphatic heterocycles. The lowest BCUT2D eigenvalue weighted by atomic mass is 10.1. The summed E-state index contributed by atoms with van der Waals surface area (Å²) in [6.45, 7) is 1.26. The molecular formula is C13H18N2O3S. The number of nitrogens with zero attached hydrogens (tertiary/aromatic N) is 2. The van der Waals surface area contributed by atoms with E-state index in [4.69, 9.17) is 0 Å². The molecule has 1 heterocycles. The molecule has 1 saturated heterocycles. The van der Waals surface area contributed by atoms with E-state index in [0.717, 1.165) is 18.7 Å². The molecule has 104 valence electrons. The number of Topliss-reactive ketones (excluding diaryl/α,β-unsaturated/α-hetero) is 1. The summed E-state index contributed by atoms with van der Waals surface area (Å²) in [5.41, 5.74) is 0.894. The van der Waals surface area contributed by atoms with Gasteiger partial charge >= 0.3 is 0 Å². The maximum absolute atomic E-state index is 11.9. The van der Waals surface area contributed by atoms with Crippen molar-refractivity contribution in [3.05, 3.63) is 24.3 Å². The minimum atomic E-state index is -3.39. The van der Waals surface area contributed by atoms with Gasteiger partial charge in [-0.15, -0.1) is 0 Å². The highest BCUT2D eigenvalue weighted by atomic mass is 32.2. The fraction of sp³-hybridized carbons (Fsp3) is 0.462. The van der Waals surface area contributed by atoms with Crippen LogP contribution in [0.1, 0.15) is 12.8 Å². The lowest BCUT2D eigenvalue weighted by molar-refractivity contribution is -0.118. The molecule has 1 aromatic carbocycles. The third-order valence-corrected chi connectivity index (χ3v) is 5.06. The van der Waals surface area contributed by atoms with Crippen molar-refractivity contribution in [3.8, 4) is 0 Å². The number of hydrogen-bond donors (Lipinski definition) is 0. The highest BCUT2D eigenvalue weighted by molar-refractivity contribution is 7.89. The number of benzene rings is 1.